The highest BCUT2D eigenvalue weighted by atomic mass is 32.1. The topological polar surface area (TPSA) is 32.3 Å². The standard InChI is InChI=1S/C15H24N2OS/c1-11-9-17(10-12(2)16-11)15(18)6-4-5-14-8-7-13(3)19-14/h7-8,11-12,16H,4-6,9-10H2,1-3H3. The van der Waals surface area contributed by atoms with Crippen molar-refractivity contribution in [2.45, 2.75) is 52.1 Å². The van der Waals surface area contributed by atoms with Gasteiger partial charge in [-0.05, 0) is 45.7 Å². The lowest BCUT2D eigenvalue weighted by Gasteiger charge is -2.36. The Labute approximate surface area is 120 Å². The number of amides is 1. The number of rotatable bonds is 4. The fourth-order valence-corrected chi connectivity index (χ4v) is 3.65. The summed E-state index contributed by atoms with van der Waals surface area (Å²) in [5.74, 6) is 0.313. The maximum absolute atomic E-state index is 12.2. The van der Waals surface area contributed by atoms with Gasteiger partial charge in [0.25, 0.3) is 0 Å². The lowest BCUT2D eigenvalue weighted by Crippen LogP contribution is -2.55. The second-order valence-electron chi connectivity index (χ2n) is 5.63. The van der Waals surface area contributed by atoms with Crippen molar-refractivity contribution in [2.24, 2.45) is 0 Å². The number of hydrogen-bond acceptors (Lipinski definition) is 3. The van der Waals surface area contributed by atoms with E-state index in [1.165, 1.54) is 9.75 Å². The molecule has 4 heteroatoms. The van der Waals surface area contributed by atoms with Crippen LogP contribution in [0.3, 0.4) is 0 Å². The molecule has 0 saturated carbocycles. The Bertz CT molecular complexity index is 420. The van der Waals surface area contributed by atoms with Gasteiger partial charge in [0.05, 0.1) is 0 Å². The summed E-state index contributed by atoms with van der Waals surface area (Å²) in [6, 6.07) is 5.15. The molecule has 0 spiro atoms. The maximum Gasteiger partial charge on any atom is 0.222 e. The SMILES string of the molecule is Cc1ccc(CCCC(=O)N2CC(C)NC(C)C2)s1. The molecule has 1 aromatic heterocycles. The van der Waals surface area contributed by atoms with Gasteiger partial charge in [0.15, 0.2) is 0 Å². The molecule has 1 fully saturated rings. The van der Waals surface area contributed by atoms with Crippen LogP contribution < -0.4 is 5.32 Å². The number of nitrogens with one attached hydrogen (secondary N) is 1. The minimum Gasteiger partial charge on any atom is -0.340 e. The fourth-order valence-electron chi connectivity index (χ4n) is 2.72. The zero-order chi connectivity index (χ0) is 13.8. The zero-order valence-corrected chi connectivity index (χ0v) is 12.9. The first kappa shape index (κ1) is 14.5. The summed E-state index contributed by atoms with van der Waals surface area (Å²) in [6.45, 7) is 8.11. The number of piperazine rings is 1. The second-order valence-corrected chi connectivity index (χ2v) is 7.01. The summed E-state index contributed by atoms with van der Waals surface area (Å²) in [6.07, 6.45) is 2.67. The Morgan fingerprint density at radius 1 is 1.37 bits per heavy atom. The van der Waals surface area contributed by atoms with Crippen LogP contribution in [0.1, 0.15) is 36.4 Å². The molecule has 0 aromatic carbocycles. The first-order valence-corrected chi connectivity index (χ1v) is 7.95. The normalized spacial score (nSPS) is 23.6. The van der Waals surface area contributed by atoms with Crippen molar-refractivity contribution < 1.29 is 4.79 Å². The van der Waals surface area contributed by atoms with Gasteiger partial charge >= 0.3 is 0 Å². The number of thiophene rings is 1. The molecule has 2 heterocycles. The van der Waals surface area contributed by atoms with Gasteiger partial charge < -0.3 is 10.2 Å². The second kappa shape index (κ2) is 6.53. The van der Waals surface area contributed by atoms with E-state index in [0.717, 1.165) is 25.9 Å². The van der Waals surface area contributed by atoms with Gasteiger partial charge in [-0.2, -0.15) is 0 Å². The number of carbonyl (C=O) groups excluding carboxylic acids is 1. The highest BCUT2D eigenvalue weighted by Gasteiger charge is 2.24. The molecule has 1 saturated heterocycles. The van der Waals surface area contributed by atoms with Gasteiger partial charge in [0, 0.05) is 41.3 Å². The van der Waals surface area contributed by atoms with E-state index in [1.54, 1.807) is 0 Å². The largest absolute Gasteiger partial charge is 0.340 e. The third-order valence-corrected chi connectivity index (χ3v) is 4.58. The summed E-state index contributed by atoms with van der Waals surface area (Å²) in [5, 5.41) is 3.46. The zero-order valence-electron chi connectivity index (χ0n) is 12.1. The van der Waals surface area contributed by atoms with Crippen LogP contribution >= 0.6 is 11.3 Å². The molecule has 1 aliphatic rings. The molecule has 3 nitrogen and oxygen atoms in total. The smallest absolute Gasteiger partial charge is 0.222 e. The minimum absolute atomic E-state index is 0.313. The van der Waals surface area contributed by atoms with Crippen molar-refractivity contribution in [2.75, 3.05) is 13.1 Å². The first-order valence-electron chi connectivity index (χ1n) is 7.13. The predicted octanol–water partition coefficient (Wildman–Crippen LogP) is 2.59. The summed E-state index contributed by atoms with van der Waals surface area (Å²) in [7, 11) is 0. The highest BCUT2D eigenvalue weighted by molar-refractivity contribution is 7.11. The van der Waals surface area contributed by atoms with Crippen molar-refractivity contribution in [3.05, 3.63) is 21.9 Å². The summed E-state index contributed by atoms with van der Waals surface area (Å²) < 4.78 is 0. The number of aryl methyl sites for hydroxylation is 2. The van der Waals surface area contributed by atoms with Crippen molar-refractivity contribution in [1.29, 1.82) is 0 Å². The summed E-state index contributed by atoms with van der Waals surface area (Å²) in [5.41, 5.74) is 0. The van der Waals surface area contributed by atoms with Crippen molar-refractivity contribution in [3.63, 3.8) is 0 Å². The van der Waals surface area contributed by atoms with Crippen LogP contribution in [0.25, 0.3) is 0 Å². The fraction of sp³-hybridized carbons (Fsp3) is 0.667. The molecule has 0 aliphatic carbocycles. The van der Waals surface area contributed by atoms with Crippen LogP contribution in [0.4, 0.5) is 0 Å². The Kier molecular flexibility index (Phi) is 4.99. The summed E-state index contributed by atoms with van der Waals surface area (Å²) >= 11 is 1.84. The average Bonchev–Trinajstić information content (AvgIpc) is 2.73. The number of carbonyl (C=O) groups is 1. The van der Waals surface area contributed by atoms with E-state index in [2.05, 4.69) is 38.2 Å². The minimum atomic E-state index is 0.313. The Morgan fingerprint density at radius 3 is 2.63 bits per heavy atom. The van der Waals surface area contributed by atoms with E-state index in [4.69, 9.17) is 0 Å². The highest BCUT2D eigenvalue weighted by Crippen LogP contribution is 2.17. The molecule has 106 valence electrons. The molecule has 0 radical (unpaired) electrons. The van der Waals surface area contributed by atoms with E-state index in [0.29, 0.717) is 24.4 Å². The van der Waals surface area contributed by atoms with Gasteiger partial charge in [-0.1, -0.05) is 0 Å². The van der Waals surface area contributed by atoms with Crippen LogP contribution in [0.15, 0.2) is 12.1 Å². The molecule has 19 heavy (non-hydrogen) atoms. The van der Waals surface area contributed by atoms with Crippen LogP contribution in [0.5, 0.6) is 0 Å². The number of nitrogens with zero attached hydrogens (tertiary/aromatic N) is 1. The molecule has 1 aromatic rings. The quantitative estimate of drug-likeness (QED) is 0.919. The van der Waals surface area contributed by atoms with Crippen LogP contribution in [-0.2, 0) is 11.2 Å². The van der Waals surface area contributed by atoms with E-state index in [9.17, 15) is 4.79 Å². The molecule has 1 amide bonds. The van der Waals surface area contributed by atoms with Crippen molar-refractivity contribution >= 4 is 17.2 Å². The molecule has 2 rings (SSSR count). The third kappa shape index (κ3) is 4.32. The third-order valence-electron chi connectivity index (χ3n) is 3.52. The van der Waals surface area contributed by atoms with Gasteiger partial charge in [-0.3, -0.25) is 4.79 Å². The Morgan fingerprint density at radius 2 is 2.05 bits per heavy atom. The van der Waals surface area contributed by atoms with Crippen molar-refractivity contribution in [3.8, 4) is 0 Å². The maximum atomic E-state index is 12.2. The van der Waals surface area contributed by atoms with Crippen LogP contribution in [0.2, 0.25) is 0 Å². The molecule has 2 unspecified atom stereocenters. The van der Waals surface area contributed by atoms with Gasteiger partial charge in [-0.15, -0.1) is 11.3 Å². The van der Waals surface area contributed by atoms with Gasteiger partial charge in [-0.25, -0.2) is 0 Å². The summed E-state index contributed by atoms with van der Waals surface area (Å²) in [4.78, 5) is 17.0. The molecule has 1 N–H and O–H groups in total. The molecule has 0 bridgehead atoms. The van der Waals surface area contributed by atoms with Gasteiger partial charge in [0.1, 0.15) is 0 Å². The van der Waals surface area contributed by atoms with E-state index >= 15 is 0 Å². The Hall–Kier alpha value is -0.870. The molecular weight excluding hydrogens is 256 g/mol. The molecule has 2 atom stereocenters. The lowest BCUT2D eigenvalue weighted by molar-refractivity contribution is -0.133. The van der Waals surface area contributed by atoms with E-state index in [-0.39, 0.29) is 0 Å². The average molecular weight is 280 g/mol. The first-order chi connectivity index (χ1) is 9.04. The molecular formula is C15H24N2OS. The van der Waals surface area contributed by atoms with Crippen LogP contribution in [0, 0.1) is 6.92 Å². The van der Waals surface area contributed by atoms with Crippen molar-refractivity contribution in [1.82, 2.24) is 10.2 Å². The number of hydrogen-bond donors (Lipinski definition) is 1. The monoisotopic (exact) mass is 280 g/mol. The van der Waals surface area contributed by atoms with E-state index in [1.807, 2.05) is 16.2 Å². The lowest BCUT2D eigenvalue weighted by atomic mass is 10.1. The molecule has 1 aliphatic heterocycles. The van der Waals surface area contributed by atoms with Crippen LogP contribution in [-0.4, -0.2) is 36.0 Å². The van der Waals surface area contributed by atoms with Gasteiger partial charge in [0.2, 0.25) is 5.91 Å². The van der Waals surface area contributed by atoms with E-state index < -0.39 is 0 Å². The Balaban J connectivity index is 1.74. The predicted molar refractivity (Wildman–Crippen MR) is 80.6 cm³/mol.